The van der Waals surface area contributed by atoms with Crippen molar-refractivity contribution < 1.29 is 4.79 Å². The van der Waals surface area contributed by atoms with Gasteiger partial charge >= 0.3 is 0 Å². The second-order valence-electron chi connectivity index (χ2n) is 5.93. The first-order valence-corrected chi connectivity index (χ1v) is 9.84. The van der Waals surface area contributed by atoms with E-state index in [1.165, 1.54) is 11.8 Å². The molecule has 0 radical (unpaired) electrons. The maximum atomic E-state index is 12.5. The molecule has 0 spiro atoms. The molecular formula is C20H20N2OS2. The van der Waals surface area contributed by atoms with E-state index in [4.69, 9.17) is 0 Å². The highest BCUT2D eigenvalue weighted by molar-refractivity contribution is 8.02. The van der Waals surface area contributed by atoms with Crippen molar-refractivity contribution in [1.29, 1.82) is 0 Å². The number of anilines is 1. The van der Waals surface area contributed by atoms with Gasteiger partial charge < -0.3 is 5.32 Å². The van der Waals surface area contributed by atoms with E-state index in [0.29, 0.717) is 0 Å². The summed E-state index contributed by atoms with van der Waals surface area (Å²) in [7, 11) is 0. The van der Waals surface area contributed by atoms with E-state index in [2.05, 4.69) is 10.3 Å². The van der Waals surface area contributed by atoms with Gasteiger partial charge in [0, 0.05) is 16.6 Å². The van der Waals surface area contributed by atoms with Gasteiger partial charge in [-0.1, -0.05) is 54.2 Å². The van der Waals surface area contributed by atoms with Crippen LogP contribution < -0.4 is 5.32 Å². The average Bonchev–Trinajstić information content (AvgIpc) is 3.07. The summed E-state index contributed by atoms with van der Waals surface area (Å²) >= 11 is 3.07. The van der Waals surface area contributed by atoms with Crippen LogP contribution in [0.25, 0.3) is 11.3 Å². The number of carbonyl (C=O) groups excluding carboxylic acids is 1. The van der Waals surface area contributed by atoms with Gasteiger partial charge in [-0.25, -0.2) is 4.98 Å². The Labute approximate surface area is 156 Å². The Bertz CT molecular complexity index is 874. The van der Waals surface area contributed by atoms with Gasteiger partial charge in [0.1, 0.15) is 0 Å². The minimum atomic E-state index is -0.213. The summed E-state index contributed by atoms with van der Waals surface area (Å²) in [6.07, 6.45) is 0. The molecule has 0 unspecified atom stereocenters. The smallest absolute Gasteiger partial charge is 0.237 e. The first-order valence-electron chi connectivity index (χ1n) is 8.08. The number of nitrogens with zero attached hydrogens (tertiary/aromatic N) is 1. The van der Waals surface area contributed by atoms with Gasteiger partial charge in [0.05, 0.1) is 10.9 Å². The lowest BCUT2D eigenvalue weighted by Gasteiger charge is -2.13. The third-order valence-corrected chi connectivity index (χ3v) is 5.92. The fourth-order valence-electron chi connectivity index (χ4n) is 2.36. The summed E-state index contributed by atoms with van der Waals surface area (Å²) in [6, 6.07) is 16.1. The van der Waals surface area contributed by atoms with Crippen LogP contribution in [-0.4, -0.2) is 16.1 Å². The van der Waals surface area contributed by atoms with Crippen LogP contribution in [0, 0.1) is 13.8 Å². The number of thioether (sulfide) groups is 1. The standard InChI is InChI=1S/C20H20N2OS2/c1-13-9-10-14(2)17(11-13)21-19(23)15(3)25-20-22-18(12-24-20)16-7-5-4-6-8-16/h4-12,15H,1-3H3,(H,21,23)/t15-/m1/s1. The Morgan fingerprint density at radius 1 is 1.16 bits per heavy atom. The van der Waals surface area contributed by atoms with E-state index in [1.54, 1.807) is 11.3 Å². The predicted octanol–water partition coefficient (Wildman–Crippen LogP) is 5.55. The topological polar surface area (TPSA) is 42.0 Å². The van der Waals surface area contributed by atoms with Crippen molar-refractivity contribution in [2.75, 3.05) is 5.32 Å². The average molecular weight is 369 g/mol. The molecule has 3 nitrogen and oxygen atoms in total. The number of aryl methyl sites for hydroxylation is 2. The first kappa shape index (κ1) is 17.7. The maximum absolute atomic E-state index is 12.5. The van der Waals surface area contributed by atoms with Crippen LogP contribution in [0.15, 0.2) is 58.3 Å². The molecule has 0 aliphatic heterocycles. The number of hydrogen-bond acceptors (Lipinski definition) is 4. The van der Waals surface area contributed by atoms with Gasteiger partial charge in [-0.2, -0.15) is 0 Å². The van der Waals surface area contributed by atoms with E-state index in [9.17, 15) is 4.79 Å². The van der Waals surface area contributed by atoms with Crippen molar-refractivity contribution in [2.24, 2.45) is 0 Å². The quantitative estimate of drug-likeness (QED) is 0.601. The molecule has 3 aromatic rings. The molecule has 0 bridgehead atoms. The lowest BCUT2D eigenvalue weighted by atomic mass is 10.1. The molecule has 1 amide bonds. The molecule has 0 saturated carbocycles. The Balaban J connectivity index is 1.66. The normalized spacial score (nSPS) is 12.0. The van der Waals surface area contributed by atoms with Crippen LogP contribution in [-0.2, 0) is 4.79 Å². The number of aromatic nitrogens is 1. The molecule has 1 aromatic heterocycles. The molecule has 0 fully saturated rings. The fourth-order valence-corrected chi connectivity index (χ4v) is 4.33. The molecular weight excluding hydrogens is 348 g/mol. The van der Waals surface area contributed by atoms with Crippen molar-refractivity contribution in [3.8, 4) is 11.3 Å². The van der Waals surface area contributed by atoms with E-state index >= 15 is 0 Å². The molecule has 1 heterocycles. The van der Waals surface area contributed by atoms with Gasteiger partial charge in [0.15, 0.2) is 4.34 Å². The molecule has 0 aliphatic rings. The van der Waals surface area contributed by atoms with Crippen LogP contribution in [0.2, 0.25) is 0 Å². The zero-order chi connectivity index (χ0) is 17.8. The number of hydrogen-bond donors (Lipinski definition) is 1. The molecule has 25 heavy (non-hydrogen) atoms. The summed E-state index contributed by atoms with van der Waals surface area (Å²) in [5, 5.41) is 4.85. The third-order valence-electron chi connectivity index (χ3n) is 3.85. The zero-order valence-electron chi connectivity index (χ0n) is 14.4. The second kappa shape index (κ2) is 7.85. The van der Waals surface area contributed by atoms with E-state index < -0.39 is 0 Å². The van der Waals surface area contributed by atoms with Crippen molar-refractivity contribution in [3.05, 3.63) is 65.0 Å². The molecule has 1 atom stereocenters. The highest BCUT2D eigenvalue weighted by atomic mass is 32.2. The van der Waals surface area contributed by atoms with Gasteiger partial charge in [-0.15, -0.1) is 11.3 Å². The molecule has 1 N–H and O–H groups in total. The first-order chi connectivity index (χ1) is 12.0. The van der Waals surface area contributed by atoms with Crippen molar-refractivity contribution >= 4 is 34.7 Å². The minimum Gasteiger partial charge on any atom is -0.325 e. The number of amides is 1. The molecule has 2 aromatic carbocycles. The molecule has 3 rings (SSSR count). The summed E-state index contributed by atoms with van der Waals surface area (Å²) in [5.74, 6) is -0.00448. The Morgan fingerprint density at radius 2 is 1.92 bits per heavy atom. The van der Waals surface area contributed by atoms with Gasteiger partial charge in [-0.3, -0.25) is 4.79 Å². The number of rotatable bonds is 5. The monoisotopic (exact) mass is 368 g/mol. The lowest BCUT2D eigenvalue weighted by molar-refractivity contribution is -0.115. The van der Waals surface area contributed by atoms with Crippen LogP contribution >= 0.6 is 23.1 Å². The second-order valence-corrected chi connectivity index (χ2v) is 8.38. The van der Waals surface area contributed by atoms with Crippen molar-refractivity contribution in [1.82, 2.24) is 4.98 Å². The number of nitrogens with one attached hydrogen (secondary N) is 1. The Hall–Kier alpha value is -2.11. The number of benzene rings is 2. The number of thiazole rings is 1. The number of carbonyl (C=O) groups is 1. The summed E-state index contributed by atoms with van der Waals surface area (Å²) < 4.78 is 0.905. The third kappa shape index (κ3) is 4.50. The van der Waals surface area contributed by atoms with Gasteiger partial charge in [-0.05, 0) is 38.0 Å². The summed E-state index contributed by atoms with van der Waals surface area (Å²) in [6.45, 7) is 5.93. The summed E-state index contributed by atoms with van der Waals surface area (Å²) in [5.41, 5.74) is 5.13. The van der Waals surface area contributed by atoms with Crippen LogP contribution in [0.3, 0.4) is 0 Å². The molecule has 128 valence electrons. The SMILES string of the molecule is Cc1ccc(C)c(NC(=O)[C@@H](C)Sc2nc(-c3ccccc3)cs2)c1. The summed E-state index contributed by atoms with van der Waals surface area (Å²) in [4.78, 5) is 17.1. The minimum absolute atomic E-state index is 0.00448. The van der Waals surface area contributed by atoms with E-state index in [1.807, 2.05) is 74.7 Å². The van der Waals surface area contributed by atoms with E-state index in [0.717, 1.165) is 32.4 Å². The molecule has 5 heteroatoms. The van der Waals surface area contributed by atoms with Crippen LogP contribution in [0.1, 0.15) is 18.1 Å². The zero-order valence-corrected chi connectivity index (χ0v) is 16.1. The van der Waals surface area contributed by atoms with Gasteiger partial charge in [0.25, 0.3) is 0 Å². The van der Waals surface area contributed by atoms with Crippen molar-refractivity contribution in [3.63, 3.8) is 0 Å². The van der Waals surface area contributed by atoms with Crippen LogP contribution in [0.4, 0.5) is 5.69 Å². The van der Waals surface area contributed by atoms with Crippen molar-refractivity contribution in [2.45, 2.75) is 30.4 Å². The molecule has 0 saturated heterocycles. The highest BCUT2D eigenvalue weighted by Crippen LogP contribution is 2.31. The lowest BCUT2D eigenvalue weighted by Crippen LogP contribution is -2.22. The highest BCUT2D eigenvalue weighted by Gasteiger charge is 2.17. The maximum Gasteiger partial charge on any atom is 0.237 e. The Kier molecular flexibility index (Phi) is 5.56. The van der Waals surface area contributed by atoms with Crippen LogP contribution in [0.5, 0.6) is 0 Å². The van der Waals surface area contributed by atoms with E-state index in [-0.39, 0.29) is 11.2 Å². The Morgan fingerprint density at radius 3 is 2.68 bits per heavy atom. The largest absolute Gasteiger partial charge is 0.325 e. The molecule has 0 aliphatic carbocycles. The predicted molar refractivity (Wildman–Crippen MR) is 107 cm³/mol. The van der Waals surface area contributed by atoms with Gasteiger partial charge in [0.2, 0.25) is 5.91 Å². The fraction of sp³-hybridized carbons (Fsp3) is 0.200.